The van der Waals surface area contributed by atoms with Crippen LogP contribution in [0.5, 0.6) is 0 Å². The molecule has 1 fully saturated rings. The summed E-state index contributed by atoms with van der Waals surface area (Å²) in [7, 11) is 1.81. The van der Waals surface area contributed by atoms with Crippen LogP contribution in [-0.2, 0) is 11.8 Å². The van der Waals surface area contributed by atoms with Gasteiger partial charge < -0.3 is 9.30 Å². The molecule has 0 N–H and O–H groups in total. The molecular weight excluding hydrogens is 228 g/mol. The smallest absolute Gasteiger partial charge is 0.144 e. The van der Waals surface area contributed by atoms with E-state index in [9.17, 15) is 5.26 Å². The van der Waals surface area contributed by atoms with Gasteiger partial charge in [0.2, 0.25) is 0 Å². The minimum absolute atomic E-state index is 0.377. The fourth-order valence-electron chi connectivity index (χ4n) is 1.77. The molecule has 0 aliphatic carbocycles. The van der Waals surface area contributed by atoms with Crippen molar-refractivity contribution in [2.24, 2.45) is 7.05 Å². The van der Waals surface area contributed by atoms with Crippen molar-refractivity contribution in [3.63, 3.8) is 0 Å². The van der Waals surface area contributed by atoms with Crippen LogP contribution in [0.4, 0.5) is 0 Å². The summed E-state index contributed by atoms with van der Waals surface area (Å²) in [6.45, 7) is 2.79. The fourth-order valence-corrected chi connectivity index (χ4v) is 1.96. The molecule has 1 aromatic rings. The van der Waals surface area contributed by atoms with Crippen molar-refractivity contribution < 1.29 is 4.74 Å². The number of imidazole rings is 1. The highest BCUT2D eigenvalue weighted by atomic mass is 35.5. The van der Waals surface area contributed by atoms with Gasteiger partial charge >= 0.3 is 0 Å². The third-order valence-electron chi connectivity index (χ3n) is 2.68. The Morgan fingerprint density at radius 2 is 2.25 bits per heavy atom. The minimum atomic E-state index is -0.377. The van der Waals surface area contributed by atoms with Gasteiger partial charge in [0.1, 0.15) is 16.9 Å². The Labute approximate surface area is 99.2 Å². The summed E-state index contributed by atoms with van der Waals surface area (Å²) in [5, 5.41) is 9.75. The first kappa shape index (κ1) is 11.4. The zero-order valence-electron chi connectivity index (χ0n) is 9.06. The molecule has 0 saturated carbocycles. The van der Waals surface area contributed by atoms with Gasteiger partial charge in [-0.05, 0) is 0 Å². The van der Waals surface area contributed by atoms with Gasteiger partial charge in [-0.15, -0.1) is 0 Å². The second-order valence-electron chi connectivity index (χ2n) is 3.71. The number of rotatable bonds is 2. The lowest BCUT2D eigenvalue weighted by atomic mass is 10.2. The number of hydrogen-bond acceptors (Lipinski definition) is 4. The summed E-state index contributed by atoms with van der Waals surface area (Å²) in [5.74, 6) is 0. The second kappa shape index (κ2) is 4.83. The minimum Gasteiger partial charge on any atom is -0.379 e. The van der Waals surface area contributed by atoms with Crippen LogP contribution in [0, 0.1) is 11.3 Å². The second-order valence-corrected chi connectivity index (χ2v) is 4.07. The number of nitrogens with zero attached hydrogens (tertiary/aromatic N) is 4. The SMILES string of the molecule is Cn1cnc(C(C#N)N2CCOCC2)c1Cl. The van der Waals surface area contributed by atoms with Crippen molar-refractivity contribution in [2.45, 2.75) is 6.04 Å². The van der Waals surface area contributed by atoms with E-state index in [1.54, 1.807) is 10.9 Å². The molecule has 0 aromatic carbocycles. The molecular formula is C10H13ClN4O. The largest absolute Gasteiger partial charge is 0.379 e. The van der Waals surface area contributed by atoms with Gasteiger partial charge in [-0.1, -0.05) is 11.6 Å². The molecule has 5 nitrogen and oxygen atoms in total. The molecule has 1 saturated heterocycles. The summed E-state index contributed by atoms with van der Waals surface area (Å²) in [6, 6.07) is 1.88. The maximum atomic E-state index is 9.23. The molecule has 16 heavy (non-hydrogen) atoms. The molecule has 0 spiro atoms. The first-order valence-corrected chi connectivity index (χ1v) is 5.50. The number of ether oxygens (including phenoxy) is 1. The number of aryl methyl sites for hydroxylation is 1. The van der Waals surface area contributed by atoms with Gasteiger partial charge in [-0.2, -0.15) is 5.26 Å². The molecule has 2 heterocycles. The van der Waals surface area contributed by atoms with Crippen LogP contribution in [-0.4, -0.2) is 40.8 Å². The molecule has 1 aliphatic rings. The molecule has 0 radical (unpaired) electrons. The van der Waals surface area contributed by atoms with E-state index in [-0.39, 0.29) is 6.04 Å². The van der Waals surface area contributed by atoms with Crippen LogP contribution in [0.15, 0.2) is 6.33 Å². The third kappa shape index (κ3) is 2.05. The quantitative estimate of drug-likeness (QED) is 0.773. The van der Waals surface area contributed by atoms with E-state index < -0.39 is 0 Å². The third-order valence-corrected chi connectivity index (χ3v) is 3.14. The first-order valence-electron chi connectivity index (χ1n) is 5.12. The summed E-state index contributed by atoms with van der Waals surface area (Å²) < 4.78 is 6.97. The average molecular weight is 241 g/mol. The van der Waals surface area contributed by atoms with Crippen molar-refractivity contribution >= 4 is 11.6 Å². The molecule has 0 amide bonds. The molecule has 0 bridgehead atoms. The maximum Gasteiger partial charge on any atom is 0.144 e. The predicted octanol–water partition coefficient (Wildman–Crippen LogP) is 0.970. The van der Waals surface area contributed by atoms with E-state index in [1.165, 1.54) is 0 Å². The molecule has 1 aliphatic heterocycles. The van der Waals surface area contributed by atoms with Crippen molar-refractivity contribution in [3.8, 4) is 6.07 Å². The highest BCUT2D eigenvalue weighted by molar-refractivity contribution is 6.30. The van der Waals surface area contributed by atoms with Gasteiger partial charge in [0.15, 0.2) is 0 Å². The lowest BCUT2D eigenvalue weighted by Gasteiger charge is -2.29. The van der Waals surface area contributed by atoms with Crippen LogP contribution < -0.4 is 0 Å². The molecule has 2 rings (SSSR count). The number of hydrogen-bond donors (Lipinski definition) is 0. The lowest BCUT2D eigenvalue weighted by Crippen LogP contribution is -2.38. The zero-order valence-corrected chi connectivity index (χ0v) is 9.81. The maximum absolute atomic E-state index is 9.23. The summed E-state index contributed by atoms with van der Waals surface area (Å²) >= 11 is 6.09. The summed E-state index contributed by atoms with van der Waals surface area (Å²) in [6.07, 6.45) is 1.63. The normalized spacial score (nSPS) is 19.3. The standard InChI is InChI=1S/C10H13ClN4O/c1-14-7-13-9(10(14)11)8(6-12)15-2-4-16-5-3-15/h7-8H,2-5H2,1H3. The molecule has 1 atom stereocenters. The van der Waals surface area contributed by atoms with E-state index in [0.29, 0.717) is 24.1 Å². The Balaban J connectivity index is 2.22. The zero-order chi connectivity index (χ0) is 11.5. The van der Waals surface area contributed by atoms with Gasteiger partial charge in [0.25, 0.3) is 0 Å². The van der Waals surface area contributed by atoms with E-state index in [1.807, 2.05) is 11.9 Å². The van der Waals surface area contributed by atoms with Crippen molar-refractivity contribution in [1.29, 1.82) is 5.26 Å². The molecule has 86 valence electrons. The Hall–Kier alpha value is -1.09. The van der Waals surface area contributed by atoms with Crippen LogP contribution in [0.1, 0.15) is 11.7 Å². The highest BCUT2D eigenvalue weighted by Crippen LogP contribution is 2.25. The predicted molar refractivity (Wildman–Crippen MR) is 59.0 cm³/mol. The molecule has 6 heteroatoms. The Bertz CT molecular complexity index is 405. The van der Waals surface area contributed by atoms with Crippen molar-refractivity contribution in [2.75, 3.05) is 26.3 Å². The van der Waals surface area contributed by atoms with Gasteiger partial charge in [-0.25, -0.2) is 4.98 Å². The summed E-state index contributed by atoms with van der Waals surface area (Å²) in [5.41, 5.74) is 0.633. The summed E-state index contributed by atoms with van der Waals surface area (Å²) in [4.78, 5) is 6.23. The van der Waals surface area contributed by atoms with Gasteiger partial charge in [0, 0.05) is 20.1 Å². The molecule has 1 unspecified atom stereocenters. The highest BCUT2D eigenvalue weighted by Gasteiger charge is 2.26. The van der Waals surface area contributed by atoms with E-state index in [0.717, 1.165) is 13.1 Å². The van der Waals surface area contributed by atoms with Crippen LogP contribution in [0.2, 0.25) is 5.15 Å². The monoisotopic (exact) mass is 240 g/mol. The van der Waals surface area contributed by atoms with Crippen molar-refractivity contribution in [1.82, 2.24) is 14.5 Å². The number of aromatic nitrogens is 2. The topological polar surface area (TPSA) is 54.1 Å². The van der Waals surface area contributed by atoms with E-state index >= 15 is 0 Å². The Morgan fingerprint density at radius 1 is 1.56 bits per heavy atom. The Morgan fingerprint density at radius 3 is 2.75 bits per heavy atom. The van der Waals surface area contributed by atoms with Crippen LogP contribution in [0.25, 0.3) is 0 Å². The Kier molecular flexibility index (Phi) is 3.44. The van der Waals surface area contributed by atoms with Gasteiger partial charge in [0.05, 0.1) is 25.6 Å². The van der Waals surface area contributed by atoms with Gasteiger partial charge in [-0.3, -0.25) is 4.90 Å². The van der Waals surface area contributed by atoms with Crippen molar-refractivity contribution in [3.05, 3.63) is 17.2 Å². The first-order chi connectivity index (χ1) is 7.74. The molecule has 1 aromatic heterocycles. The van der Waals surface area contributed by atoms with E-state index in [2.05, 4.69) is 11.1 Å². The lowest BCUT2D eigenvalue weighted by molar-refractivity contribution is 0.0260. The average Bonchev–Trinajstić information content (AvgIpc) is 2.64. The van der Waals surface area contributed by atoms with Crippen LogP contribution >= 0.6 is 11.6 Å². The van der Waals surface area contributed by atoms with E-state index in [4.69, 9.17) is 16.3 Å². The number of morpholine rings is 1. The van der Waals surface area contributed by atoms with Crippen LogP contribution in [0.3, 0.4) is 0 Å². The fraction of sp³-hybridized carbons (Fsp3) is 0.600. The number of nitriles is 1. The number of halogens is 1.